The SMILES string of the molecule is CC(=O)O.CC(C)[C@H](N)C(=O)N[C@@H](Cc1ccc(O)cc1)C(=O)N[C@H](C(=O)O)C(C)C. The maximum absolute atomic E-state index is 12.7. The van der Waals surface area contributed by atoms with Gasteiger partial charge in [-0.15, -0.1) is 0 Å². The summed E-state index contributed by atoms with van der Waals surface area (Å²) in [6, 6.07) is 3.34. The summed E-state index contributed by atoms with van der Waals surface area (Å²) >= 11 is 0. The minimum Gasteiger partial charge on any atom is -0.508 e. The molecule has 174 valence electrons. The Hall–Kier alpha value is -3.14. The number of nitrogens with one attached hydrogen (secondary N) is 2. The van der Waals surface area contributed by atoms with Crippen LogP contribution in [-0.2, 0) is 25.6 Å². The van der Waals surface area contributed by atoms with Crippen molar-refractivity contribution in [2.24, 2.45) is 17.6 Å². The van der Waals surface area contributed by atoms with E-state index in [1.54, 1.807) is 39.8 Å². The van der Waals surface area contributed by atoms with E-state index in [0.29, 0.717) is 5.56 Å². The Bertz CT molecular complexity index is 744. The van der Waals surface area contributed by atoms with Crippen LogP contribution in [0.25, 0.3) is 0 Å². The summed E-state index contributed by atoms with van der Waals surface area (Å²) in [5.41, 5.74) is 6.55. The number of carbonyl (C=O) groups is 4. The van der Waals surface area contributed by atoms with E-state index in [2.05, 4.69) is 10.6 Å². The molecule has 10 nitrogen and oxygen atoms in total. The van der Waals surface area contributed by atoms with Crippen molar-refractivity contribution in [1.82, 2.24) is 10.6 Å². The van der Waals surface area contributed by atoms with Crippen LogP contribution in [0.15, 0.2) is 24.3 Å². The Morgan fingerprint density at radius 3 is 1.77 bits per heavy atom. The van der Waals surface area contributed by atoms with Crippen molar-refractivity contribution in [3.63, 3.8) is 0 Å². The molecule has 0 spiro atoms. The van der Waals surface area contributed by atoms with E-state index >= 15 is 0 Å². The van der Waals surface area contributed by atoms with Crippen LogP contribution >= 0.6 is 0 Å². The van der Waals surface area contributed by atoms with E-state index in [9.17, 15) is 24.6 Å². The second-order valence-corrected chi connectivity index (χ2v) is 7.79. The summed E-state index contributed by atoms with van der Waals surface area (Å²) in [4.78, 5) is 45.4. The number of nitrogens with two attached hydrogens (primary N) is 1. The highest BCUT2D eigenvalue weighted by atomic mass is 16.4. The molecule has 0 aliphatic carbocycles. The monoisotopic (exact) mass is 439 g/mol. The van der Waals surface area contributed by atoms with Crippen molar-refractivity contribution >= 4 is 23.8 Å². The minimum absolute atomic E-state index is 0.0800. The molecule has 0 aromatic heterocycles. The summed E-state index contributed by atoms with van der Waals surface area (Å²) in [6.07, 6.45) is 0.132. The number of aromatic hydroxyl groups is 1. The molecule has 0 aliphatic rings. The van der Waals surface area contributed by atoms with E-state index < -0.39 is 41.9 Å². The van der Waals surface area contributed by atoms with Gasteiger partial charge in [-0.2, -0.15) is 0 Å². The highest BCUT2D eigenvalue weighted by Crippen LogP contribution is 2.12. The fraction of sp³-hybridized carbons (Fsp3) is 0.524. The molecule has 2 amide bonds. The number of carbonyl (C=O) groups excluding carboxylic acids is 2. The topological polar surface area (TPSA) is 179 Å². The van der Waals surface area contributed by atoms with Gasteiger partial charge in [0.05, 0.1) is 6.04 Å². The molecule has 0 radical (unpaired) electrons. The fourth-order valence-corrected chi connectivity index (χ4v) is 2.42. The Balaban J connectivity index is 0.00000206. The molecule has 31 heavy (non-hydrogen) atoms. The number of rotatable bonds is 9. The summed E-state index contributed by atoms with van der Waals surface area (Å²) in [5.74, 6) is -3.43. The van der Waals surface area contributed by atoms with Crippen molar-refractivity contribution in [2.75, 3.05) is 0 Å². The normalized spacial score (nSPS) is 13.4. The number of benzene rings is 1. The summed E-state index contributed by atoms with van der Waals surface area (Å²) in [6.45, 7) is 8.03. The first-order valence-corrected chi connectivity index (χ1v) is 9.82. The number of carboxylic acid groups (broad SMARTS) is 2. The van der Waals surface area contributed by atoms with Crippen LogP contribution in [0, 0.1) is 11.8 Å². The molecule has 1 aromatic rings. The molecule has 0 aliphatic heterocycles. The van der Waals surface area contributed by atoms with Crippen molar-refractivity contribution in [1.29, 1.82) is 0 Å². The number of hydrogen-bond acceptors (Lipinski definition) is 6. The molecule has 0 saturated carbocycles. The van der Waals surface area contributed by atoms with Gasteiger partial charge in [0.15, 0.2) is 0 Å². The third-order valence-corrected chi connectivity index (χ3v) is 4.26. The van der Waals surface area contributed by atoms with E-state index in [1.165, 1.54) is 12.1 Å². The van der Waals surface area contributed by atoms with Crippen LogP contribution in [0.2, 0.25) is 0 Å². The summed E-state index contributed by atoms with van der Waals surface area (Å²) in [7, 11) is 0. The molecule has 0 fully saturated rings. The first kappa shape index (κ1) is 27.9. The molecular weight excluding hydrogens is 406 g/mol. The zero-order chi connectivity index (χ0) is 24.3. The van der Waals surface area contributed by atoms with Gasteiger partial charge in [0.1, 0.15) is 17.8 Å². The van der Waals surface area contributed by atoms with Crippen LogP contribution in [-0.4, -0.2) is 57.2 Å². The van der Waals surface area contributed by atoms with Gasteiger partial charge >= 0.3 is 5.97 Å². The summed E-state index contributed by atoms with van der Waals surface area (Å²) in [5, 5.41) is 31.2. The van der Waals surface area contributed by atoms with Crippen molar-refractivity contribution in [3.05, 3.63) is 29.8 Å². The Labute approximate surface area is 181 Å². The van der Waals surface area contributed by atoms with Gasteiger partial charge in [0, 0.05) is 13.3 Å². The van der Waals surface area contributed by atoms with Crippen LogP contribution < -0.4 is 16.4 Å². The summed E-state index contributed by atoms with van der Waals surface area (Å²) < 4.78 is 0. The smallest absolute Gasteiger partial charge is 0.326 e. The predicted octanol–water partition coefficient (Wildman–Crippen LogP) is 0.719. The molecule has 0 saturated heterocycles. The quantitative estimate of drug-likeness (QED) is 0.326. The van der Waals surface area contributed by atoms with E-state index in [0.717, 1.165) is 6.92 Å². The molecule has 0 unspecified atom stereocenters. The lowest BCUT2D eigenvalue weighted by molar-refractivity contribution is -0.143. The van der Waals surface area contributed by atoms with E-state index in [1.807, 2.05) is 0 Å². The zero-order valence-electron chi connectivity index (χ0n) is 18.5. The lowest BCUT2D eigenvalue weighted by Gasteiger charge is -2.25. The lowest BCUT2D eigenvalue weighted by Crippen LogP contribution is -2.56. The predicted molar refractivity (Wildman–Crippen MR) is 114 cm³/mol. The van der Waals surface area contributed by atoms with Gasteiger partial charge in [-0.25, -0.2) is 4.79 Å². The van der Waals surface area contributed by atoms with Gasteiger partial charge in [-0.05, 0) is 29.5 Å². The average molecular weight is 440 g/mol. The lowest BCUT2D eigenvalue weighted by atomic mass is 10.00. The van der Waals surface area contributed by atoms with Crippen LogP contribution in [0.4, 0.5) is 0 Å². The highest BCUT2D eigenvalue weighted by Gasteiger charge is 2.30. The van der Waals surface area contributed by atoms with Crippen molar-refractivity contribution < 1.29 is 34.5 Å². The number of phenols is 1. The number of phenolic OH excluding ortho intramolecular Hbond substituents is 1. The first-order chi connectivity index (χ1) is 14.3. The Kier molecular flexibility index (Phi) is 11.9. The van der Waals surface area contributed by atoms with Gasteiger partial charge in [-0.3, -0.25) is 14.4 Å². The second-order valence-electron chi connectivity index (χ2n) is 7.79. The van der Waals surface area contributed by atoms with E-state index in [4.69, 9.17) is 15.6 Å². The maximum atomic E-state index is 12.7. The van der Waals surface area contributed by atoms with Crippen molar-refractivity contribution in [3.8, 4) is 5.75 Å². The van der Waals surface area contributed by atoms with Gasteiger partial charge in [0.25, 0.3) is 5.97 Å². The molecule has 0 heterocycles. The average Bonchev–Trinajstić information content (AvgIpc) is 2.65. The Morgan fingerprint density at radius 1 is 0.903 bits per heavy atom. The third-order valence-electron chi connectivity index (χ3n) is 4.26. The van der Waals surface area contributed by atoms with Crippen molar-refractivity contribution in [2.45, 2.75) is 59.2 Å². The number of carboxylic acids is 2. The van der Waals surface area contributed by atoms with Gasteiger partial charge in [-0.1, -0.05) is 39.8 Å². The maximum Gasteiger partial charge on any atom is 0.326 e. The molecule has 0 bridgehead atoms. The second kappa shape index (κ2) is 13.2. The minimum atomic E-state index is -1.15. The largest absolute Gasteiger partial charge is 0.508 e. The third kappa shape index (κ3) is 11.0. The van der Waals surface area contributed by atoms with Gasteiger partial charge in [0.2, 0.25) is 11.8 Å². The number of amides is 2. The molecule has 10 heteroatoms. The van der Waals surface area contributed by atoms with Crippen LogP contribution in [0.3, 0.4) is 0 Å². The molecular formula is C21H33N3O7. The van der Waals surface area contributed by atoms with Crippen LogP contribution in [0.5, 0.6) is 5.75 Å². The first-order valence-electron chi connectivity index (χ1n) is 9.82. The van der Waals surface area contributed by atoms with Crippen LogP contribution in [0.1, 0.15) is 40.2 Å². The fourth-order valence-electron chi connectivity index (χ4n) is 2.42. The molecule has 1 rings (SSSR count). The Morgan fingerprint density at radius 2 is 1.39 bits per heavy atom. The number of aliphatic carboxylic acids is 2. The van der Waals surface area contributed by atoms with Gasteiger partial charge < -0.3 is 31.7 Å². The van der Waals surface area contributed by atoms with E-state index in [-0.39, 0.29) is 24.0 Å². The molecule has 1 aromatic carbocycles. The highest BCUT2D eigenvalue weighted by molar-refractivity contribution is 5.92. The number of hydrogen-bond donors (Lipinski definition) is 6. The zero-order valence-corrected chi connectivity index (χ0v) is 18.5. The standard InChI is InChI=1S/C19H29N3O5.C2H4O2/c1-10(2)15(20)18(25)21-14(9-12-5-7-13(23)8-6-12)17(24)22-16(11(3)4)19(26)27;1-2(3)4/h5-8,10-11,14-16,23H,9,20H2,1-4H3,(H,21,25)(H,22,24)(H,26,27);1H3,(H,3,4)/t14-,15-,16-;/m0./s1. The molecule has 7 N–H and O–H groups in total. The molecule has 3 atom stereocenters.